The smallest absolute Gasteiger partial charge is 0.231 e. The molecular weight excluding hydrogens is 330 g/mol. The molecule has 0 atom stereocenters. The molecule has 0 aliphatic rings. The van der Waals surface area contributed by atoms with Crippen LogP contribution in [0, 0.1) is 18.6 Å². The molecule has 122 valence electrons. The van der Waals surface area contributed by atoms with Crippen LogP contribution in [0.5, 0.6) is 0 Å². The molecule has 1 heterocycles. The summed E-state index contributed by atoms with van der Waals surface area (Å²) in [5.41, 5.74) is 2.44. The minimum atomic E-state index is -0.670. The molecule has 0 aliphatic heterocycles. The van der Waals surface area contributed by atoms with Crippen LogP contribution in [0.25, 0.3) is 11.3 Å². The van der Waals surface area contributed by atoms with Crippen LogP contribution < -0.4 is 5.32 Å². The summed E-state index contributed by atoms with van der Waals surface area (Å²) in [6.07, 6.45) is 0.0986. The van der Waals surface area contributed by atoms with Gasteiger partial charge >= 0.3 is 0 Å². The van der Waals surface area contributed by atoms with Gasteiger partial charge in [0.15, 0.2) is 0 Å². The van der Waals surface area contributed by atoms with Crippen molar-refractivity contribution in [2.24, 2.45) is 0 Å². The maximum absolute atomic E-state index is 13.8. The third-order valence-corrected chi connectivity index (χ3v) is 4.25. The summed E-state index contributed by atoms with van der Waals surface area (Å²) in [7, 11) is 0. The van der Waals surface area contributed by atoms with E-state index >= 15 is 0 Å². The lowest BCUT2D eigenvalue weighted by atomic mass is 10.1. The summed E-state index contributed by atoms with van der Waals surface area (Å²) in [6, 6.07) is 10.8. The largest absolute Gasteiger partial charge is 0.326 e. The van der Waals surface area contributed by atoms with Crippen molar-refractivity contribution >= 4 is 22.9 Å². The Kier molecular flexibility index (Phi) is 4.66. The Labute approximate surface area is 142 Å². The van der Waals surface area contributed by atoms with Crippen LogP contribution in [0.15, 0.2) is 47.8 Å². The first kappa shape index (κ1) is 16.3. The van der Waals surface area contributed by atoms with Gasteiger partial charge in [0.05, 0.1) is 12.1 Å². The number of aromatic nitrogens is 1. The van der Waals surface area contributed by atoms with E-state index in [4.69, 9.17) is 0 Å². The fraction of sp³-hybridized carbons (Fsp3) is 0.111. The zero-order valence-electron chi connectivity index (χ0n) is 12.8. The van der Waals surface area contributed by atoms with E-state index < -0.39 is 11.6 Å². The first-order chi connectivity index (χ1) is 11.5. The number of nitrogens with one attached hydrogen (secondary N) is 1. The predicted molar refractivity (Wildman–Crippen MR) is 91.0 cm³/mol. The number of carbonyl (C=O) groups is 1. The number of benzene rings is 2. The maximum Gasteiger partial charge on any atom is 0.231 e. The van der Waals surface area contributed by atoms with Crippen molar-refractivity contribution in [3.8, 4) is 11.3 Å². The van der Waals surface area contributed by atoms with Crippen molar-refractivity contribution in [2.45, 2.75) is 13.3 Å². The fourth-order valence-corrected chi connectivity index (χ4v) is 2.99. The molecule has 3 rings (SSSR count). The van der Waals surface area contributed by atoms with Crippen LogP contribution in [-0.4, -0.2) is 10.9 Å². The van der Waals surface area contributed by atoms with E-state index in [1.807, 2.05) is 31.2 Å². The maximum atomic E-state index is 13.8. The molecule has 6 heteroatoms. The Morgan fingerprint density at radius 3 is 2.62 bits per heavy atom. The van der Waals surface area contributed by atoms with Crippen molar-refractivity contribution in [1.82, 2.24) is 4.98 Å². The molecule has 0 bridgehead atoms. The van der Waals surface area contributed by atoms with E-state index in [9.17, 15) is 13.6 Å². The molecule has 0 saturated carbocycles. The molecule has 3 aromatic rings. The van der Waals surface area contributed by atoms with Gasteiger partial charge in [-0.15, -0.1) is 11.3 Å². The monoisotopic (exact) mass is 344 g/mol. The Hall–Kier alpha value is -2.60. The van der Waals surface area contributed by atoms with Crippen LogP contribution in [0.3, 0.4) is 0 Å². The van der Waals surface area contributed by atoms with Gasteiger partial charge in [0, 0.05) is 22.7 Å². The van der Waals surface area contributed by atoms with E-state index in [1.165, 1.54) is 23.5 Å². The van der Waals surface area contributed by atoms with Crippen LogP contribution in [-0.2, 0) is 11.2 Å². The number of amides is 1. The second kappa shape index (κ2) is 6.88. The van der Waals surface area contributed by atoms with Crippen LogP contribution in [0.4, 0.5) is 14.5 Å². The van der Waals surface area contributed by atoms with E-state index in [-0.39, 0.29) is 17.9 Å². The van der Waals surface area contributed by atoms with E-state index in [0.717, 1.165) is 11.6 Å². The number of hydrogen-bond acceptors (Lipinski definition) is 3. The lowest BCUT2D eigenvalue weighted by molar-refractivity contribution is -0.115. The lowest BCUT2D eigenvalue weighted by Crippen LogP contribution is -2.14. The van der Waals surface area contributed by atoms with Crippen molar-refractivity contribution in [1.29, 1.82) is 0 Å². The summed E-state index contributed by atoms with van der Waals surface area (Å²) in [4.78, 5) is 16.3. The van der Waals surface area contributed by atoms with Gasteiger partial charge in [-0.2, -0.15) is 0 Å². The molecule has 0 fully saturated rings. The van der Waals surface area contributed by atoms with Crippen molar-refractivity contribution in [2.75, 3.05) is 5.32 Å². The average molecular weight is 344 g/mol. The summed E-state index contributed by atoms with van der Waals surface area (Å²) < 4.78 is 26.7. The Balaban J connectivity index is 1.69. The second-order valence-electron chi connectivity index (χ2n) is 5.34. The molecule has 0 aliphatic carbocycles. The number of carbonyl (C=O) groups excluding carboxylic acids is 1. The van der Waals surface area contributed by atoms with Gasteiger partial charge in [-0.1, -0.05) is 17.7 Å². The minimum Gasteiger partial charge on any atom is -0.326 e. The standard InChI is InChI=1S/C18H14F2N2OS/c1-11-2-5-13(6-3-11)21-17(23)9-18-22-16(10-24-18)14-7-4-12(19)8-15(14)20/h2-8,10H,9H2,1H3,(H,21,23). The molecule has 2 aromatic carbocycles. The van der Waals surface area contributed by atoms with Gasteiger partial charge in [0.25, 0.3) is 0 Å². The van der Waals surface area contributed by atoms with Crippen LogP contribution in [0.2, 0.25) is 0 Å². The Morgan fingerprint density at radius 2 is 1.92 bits per heavy atom. The molecule has 0 spiro atoms. The number of rotatable bonds is 4. The lowest BCUT2D eigenvalue weighted by Gasteiger charge is -2.04. The van der Waals surface area contributed by atoms with Gasteiger partial charge < -0.3 is 5.32 Å². The second-order valence-corrected chi connectivity index (χ2v) is 6.28. The highest BCUT2D eigenvalue weighted by Crippen LogP contribution is 2.25. The molecule has 24 heavy (non-hydrogen) atoms. The zero-order chi connectivity index (χ0) is 17.1. The zero-order valence-corrected chi connectivity index (χ0v) is 13.7. The van der Waals surface area contributed by atoms with Gasteiger partial charge in [0.1, 0.15) is 16.6 Å². The van der Waals surface area contributed by atoms with Crippen molar-refractivity contribution in [3.05, 3.63) is 70.1 Å². The summed E-state index contributed by atoms with van der Waals surface area (Å²) in [5.74, 6) is -1.50. The van der Waals surface area contributed by atoms with Crippen LogP contribution >= 0.6 is 11.3 Å². The molecular formula is C18H14F2N2OS. The van der Waals surface area contributed by atoms with Crippen molar-refractivity contribution < 1.29 is 13.6 Å². The summed E-state index contributed by atoms with van der Waals surface area (Å²) in [6.45, 7) is 1.97. The fourth-order valence-electron chi connectivity index (χ4n) is 2.19. The predicted octanol–water partition coefficient (Wildman–Crippen LogP) is 4.58. The van der Waals surface area contributed by atoms with Gasteiger partial charge in [0.2, 0.25) is 5.91 Å². The molecule has 1 aromatic heterocycles. The van der Waals surface area contributed by atoms with E-state index in [1.54, 1.807) is 5.38 Å². The third-order valence-electron chi connectivity index (χ3n) is 3.41. The minimum absolute atomic E-state index is 0.0986. The topological polar surface area (TPSA) is 42.0 Å². The van der Waals surface area contributed by atoms with Gasteiger partial charge in [-0.3, -0.25) is 4.79 Å². The number of thiazole rings is 1. The molecule has 3 nitrogen and oxygen atoms in total. The highest BCUT2D eigenvalue weighted by Gasteiger charge is 2.12. The van der Waals surface area contributed by atoms with Crippen LogP contribution in [0.1, 0.15) is 10.6 Å². The summed E-state index contributed by atoms with van der Waals surface area (Å²) in [5, 5.41) is 5.02. The summed E-state index contributed by atoms with van der Waals surface area (Å²) >= 11 is 1.27. The SMILES string of the molecule is Cc1ccc(NC(=O)Cc2nc(-c3ccc(F)cc3F)cs2)cc1. The number of halogens is 2. The highest BCUT2D eigenvalue weighted by molar-refractivity contribution is 7.10. The number of hydrogen-bond donors (Lipinski definition) is 1. The molecule has 0 radical (unpaired) electrons. The first-order valence-corrected chi connectivity index (χ1v) is 8.15. The Bertz CT molecular complexity index is 875. The highest BCUT2D eigenvalue weighted by atomic mass is 32.1. The number of aryl methyl sites for hydroxylation is 1. The van der Waals surface area contributed by atoms with Gasteiger partial charge in [-0.25, -0.2) is 13.8 Å². The van der Waals surface area contributed by atoms with E-state index in [2.05, 4.69) is 10.3 Å². The average Bonchev–Trinajstić information content (AvgIpc) is 2.97. The van der Waals surface area contributed by atoms with E-state index in [0.29, 0.717) is 16.4 Å². The number of anilines is 1. The Morgan fingerprint density at radius 1 is 1.17 bits per heavy atom. The molecule has 0 saturated heterocycles. The molecule has 1 N–H and O–H groups in total. The quantitative estimate of drug-likeness (QED) is 0.753. The molecule has 0 unspecified atom stereocenters. The normalized spacial score (nSPS) is 10.6. The van der Waals surface area contributed by atoms with Crippen molar-refractivity contribution in [3.63, 3.8) is 0 Å². The van der Waals surface area contributed by atoms with Gasteiger partial charge in [-0.05, 0) is 31.2 Å². The molecule has 1 amide bonds. The number of nitrogens with zero attached hydrogens (tertiary/aromatic N) is 1. The third kappa shape index (κ3) is 3.83. The first-order valence-electron chi connectivity index (χ1n) is 7.27.